The van der Waals surface area contributed by atoms with E-state index in [-0.39, 0.29) is 0 Å². The molecule has 4 heteroatoms. The van der Waals surface area contributed by atoms with Crippen LogP contribution in [0.5, 0.6) is 0 Å². The first-order valence-corrected chi connectivity index (χ1v) is 14.8. The van der Waals surface area contributed by atoms with Gasteiger partial charge in [-0.25, -0.2) is 0 Å². The molecule has 0 saturated carbocycles. The van der Waals surface area contributed by atoms with Gasteiger partial charge >= 0.3 is 0 Å². The molecule has 0 unspecified atom stereocenters. The van der Waals surface area contributed by atoms with Crippen molar-refractivity contribution in [3.05, 3.63) is 140 Å². The smallest absolute Gasteiger partial charge is 0.0547 e. The van der Waals surface area contributed by atoms with Crippen molar-refractivity contribution in [3.8, 4) is 22.5 Å². The zero-order chi connectivity index (χ0) is 28.4. The Morgan fingerprint density at radius 2 is 0.881 bits per heavy atom. The Bertz CT molecular complexity index is 2300. The van der Waals surface area contributed by atoms with E-state index < -0.39 is 0 Å². The summed E-state index contributed by atoms with van der Waals surface area (Å²) >= 11 is 9.76. The van der Waals surface area contributed by atoms with Crippen molar-refractivity contribution in [1.29, 1.82) is 0 Å². The second-order valence-electron chi connectivity index (χ2n) is 10.7. The van der Waals surface area contributed by atoms with Gasteiger partial charge in [0.25, 0.3) is 0 Å². The van der Waals surface area contributed by atoms with Crippen molar-refractivity contribution in [1.82, 2.24) is 9.13 Å². The van der Waals surface area contributed by atoms with E-state index in [9.17, 15) is 0 Å². The van der Waals surface area contributed by atoms with Crippen molar-refractivity contribution in [2.45, 2.75) is 9.79 Å². The molecular formula is C38H26N2S2. The first-order valence-electron chi connectivity index (χ1n) is 13.9. The number of para-hydroxylation sites is 3. The molecule has 0 aliphatic carbocycles. The highest BCUT2D eigenvalue weighted by Gasteiger charge is 2.16. The summed E-state index contributed by atoms with van der Waals surface area (Å²) in [6, 6.07) is 45.3. The molecule has 0 spiro atoms. The van der Waals surface area contributed by atoms with Crippen LogP contribution in [-0.4, -0.2) is 9.13 Å². The number of fused-ring (bicyclic) bond motifs is 6. The lowest BCUT2D eigenvalue weighted by Crippen LogP contribution is -1.97. The molecule has 0 aliphatic rings. The van der Waals surface area contributed by atoms with Crippen LogP contribution in [0.3, 0.4) is 0 Å². The van der Waals surface area contributed by atoms with Crippen molar-refractivity contribution in [2.24, 2.45) is 0 Å². The first-order chi connectivity index (χ1) is 20.6. The molecule has 2 aromatic heterocycles. The maximum Gasteiger partial charge on any atom is 0.0547 e. The van der Waals surface area contributed by atoms with Gasteiger partial charge in [0.1, 0.15) is 0 Å². The molecule has 8 rings (SSSR count). The van der Waals surface area contributed by atoms with Gasteiger partial charge < -0.3 is 9.13 Å². The zero-order valence-corrected chi connectivity index (χ0v) is 24.5. The molecule has 8 aromatic rings. The number of thiol groups is 2. The Hall–Kier alpha value is -4.64. The number of hydrogen-bond donors (Lipinski definition) is 2. The van der Waals surface area contributed by atoms with E-state index in [1.165, 1.54) is 32.6 Å². The molecule has 0 fully saturated rings. The quantitative estimate of drug-likeness (QED) is 0.194. The highest BCUT2D eigenvalue weighted by atomic mass is 32.1. The molecule has 0 atom stereocenters. The van der Waals surface area contributed by atoms with Gasteiger partial charge in [0.2, 0.25) is 0 Å². The second-order valence-corrected chi connectivity index (χ2v) is 11.7. The van der Waals surface area contributed by atoms with Gasteiger partial charge in [0, 0.05) is 42.7 Å². The predicted molar refractivity (Wildman–Crippen MR) is 185 cm³/mol. The lowest BCUT2D eigenvalue weighted by Gasteiger charge is -2.14. The van der Waals surface area contributed by atoms with Gasteiger partial charge in [-0.1, -0.05) is 79.4 Å². The summed E-state index contributed by atoms with van der Waals surface area (Å²) in [5.41, 5.74) is 10.1. The third kappa shape index (κ3) is 3.91. The summed E-state index contributed by atoms with van der Waals surface area (Å²) < 4.78 is 4.67. The van der Waals surface area contributed by atoms with Gasteiger partial charge in [-0.3, -0.25) is 0 Å². The molecule has 0 saturated heterocycles. The van der Waals surface area contributed by atoms with Crippen LogP contribution in [0.2, 0.25) is 0 Å². The average Bonchev–Trinajstić information content (AvgIpc) is 3.53. The first kappa shape index (κ1) is 25.1. The lowest BCUT2D eigenvalue weighted by molar-refractivity contribution is 1.15. The summed E-state index contributed by atoms with van der Waals surface area (Å²) in [6.45, 7) is 4.01. The summed E-state index contributed by atoms with van der Waals surface area (Å²) in [6.07, 6.45) is 1.90. The van der Waals surface area contributed by atoms with Crippen molar-refractivity contribution in [2.75, 3.05) is 0 Å². The third-order valence-electron chi connectivity index (χ3n) is 8.17. The van der Waals surface area contributed by atoms with E-state index in [0.29, 0.717) is 0 Å². The highest BCUT2D eigenvalue weighted by Crippen LogP contribution is 2.37. The second kappa shape index (κ2) is 9.73. The SMILES string of the molecule is C=Cc1ccc2c3ccccc3n(-c3cc(S)cc(-c4cc(S)cc(-n5c6ccccc6c6ccccc65)c4)c3)c2c1. The molecule has 0 N–H and O–H groups in total. The van der Waals surface area contributed by atoms with Crippen LogP contribution < -0.4 is 0 Å². The third-order valence-corrected chi connectivity index (χ3v) is 8.68. The van der Waals surface area contributed by atoms with Crippen LogP contribution in [0.15, 0.2) is 144 Å². The fourth-order valence-electron chi connectivity index (χ4n) is 6.38. The van der Waals surface area contributed by atoms with E-state index in [2.05, 4.69) is 143 Å². The Balaban J connectivity index is 1.36. The standard InChI is InChI=1S/C38H26N2S2/c1-2-24-15-16-34-33-11-5-8-14-37(33)40(38(34)17-24)28-19-26(21-30(42)23-28)25-18-27(22-29(41)20-25)39-35-12-6-3-9-31(35)32-10-4-7-13-36(32)39/h2-23,41-42H,1H2. The van der Waals surface area contributed by atoms with Gasteiger partial charge in [0.15, 0.2) is 0 Å². The van der Waals surface area contributed by atoms with E-state index in [1.807, 2.05) is 6.08 Å². The Morgan fingerprint density at radius 1 is 0.452 bits per heavy atom. The summed E-state index contributed by atoms with van der Waals surface area (Å²) in [7, 11) is 0. The van der Waals surface area contributed by atoms with E-state index in [0.717, 1.165) is 48.9 Å². The Labute approximate surface area is 255 Å². The topological polar surface area (TPSA) is 9.86 Å². The lowest BCUT2D eigenvalue weighted by atomic mass is 10.0. The zero-order valence-electron chi connectivity index (χ0n) is 22.7. The van der Waals surface area contributed by atoms with Crippen LogP contribution in [0.4, 0.5) is 0 Å². The molecule has 200 valence electrons. The van der Waals surface area contributed by atoms with Crippen molar-refractivity contribution in [3.63, 3.8) is 0 Å². The summed E-state index contributed by atoms with van der Waals surface area (Å²) in [5.74, 6) is 0. The van der Waals surface area contributed by atoms with E-state index in [1.54, 1.807) is 0 Å². The molecule has 0 bridgehead atoms. The number of hydrogen-bond acceptors (Lipinski definition) is 2. The minimum Gasteiger partial charge on any atom is -0.309 e. The van der Waals surface area contributed by atoms with Crippen LogP contribution in [0.25, 0.3) is 72.2 Å². The maximum atomic E-state index is 4.89. The summed E-state index contributed by atoms with van der Waals surface area (Å²) in [4.78, 5) is 1.80. The number of aromatic nitrogens is 2. The number of nitrogens with zero attached hydrogens (tertiary/aromatic N) is 2. The molecule has 6 aromatic carbocycles. The molecule has 0 amide bonds. The molecule has 2 nitrogen and oxygen atoms in total. The molecular weight excluding hydrogens is 549 g/mol. The molecule has 2 heterocycles. The van der Waals surface area contributed by atoms with Gasteiger partial charge in [-0.15, -0.1) is 25.3 Å². The highest BCUT2D eigenvalue weighted by molar-refractivity contribution is 7.80. The Morgan fingerprint density at radius 3 is 1.36 bits per heavy atom. The average molecular weight is 575 g/mol. The van der Waals surface area contributed by atoms with Crippen molar-refractivity contribution < 1.29 is 0 Å². The van der Waals surface area contributed by atoms with Crippen molar-refractivity contribution >= 4 is 74.9 Å². The largest absolute Gasteiger partial charge is 0.309 e. The predicted octanol–water partition coefficient (Wildman–Crippen LogP) is 10.8. The minimum absolute atomic E-state index is 0.899. The van der Waals surface area contributed by atoms with Gasteiger partial charge in [-0.2, -0.15) is 0 Å². The maximum absolute atomic E-state index is 4.89. The minimum atomic E-state index is 0.899. The fraction of sp³-hybridized carbons (Fsp3) is 0. The van der Waals surface area contributed by atoms with Gasteiger partial charge in [-0.05, 0) is 77.4 Å². The van der Waals surface area contributed by atoms with Crippen LogP contribution in [-0.2, 0) is 0 Å². The number of rotatable bonds is 4. The van der Waals surface area contributed by atoms with Crippen LogP contribution in [0.1, 0.15) is 5.56 Å². The summed E-state index contributed by atoms with van der Waals surface area (Å²) in [5, 5.41) is 4.92. The van der Waals surface area contributed by atoms with Crippen LogP contribution in [0, 0.1) is 0 Å². The normalized spacial score (nSPS) is 11.7. The molecule has 42 heavy (non-hydrogen) atoms. The Kier molecular flexibility index (Phi) is 5.81. The monoisotopic (exact) mass is 574 g/mol. The number of benzene rings is 6. The fourth-order valence-corrected chi connectivity index (χ4v) is 6.92. The van der Waals surface area contributed by atoms with Gasteiger partial charge in [0.05, 0.1) is 22.1 Å². The molecule has 0 radical (unpaired) electrons. The molecule has 0 aliphatic heterocycles. The van der Waals surface area contributed by atoms with E-state index in [4.69, 9.17) is 25.3 Å². The van der Waals surface area contributed by atoms with E-state index >= 15 is 0 Å². The van der Waals surface area contributed by atoms with Crippen LogP contribution >= 0.6 is 25.3 Å².